The molecule has 0 spiro atoms. The summed E-state index contributed by atoms with van der Waals surface area (Å²) in [4.78, 5) is 34.3. The summed E-state index contributed by atoms with van der Waals surface area (Å²) in [5.41, 5.74) is 2.98. The molecule has 0 atom stereocenters. The first-order valence-electron chi connectivity index (χ1n) is 9.87. The molecule has 2 heterocycles. The van der Waals surface area contributed by atoms with Gasteiger partial charge in [-0.25, -0.2) is 4.98 Å². The van der Waals surface area contributed by atoms with Crippen LogP contribution in [0.5, 0.6) is 5.75 Å². The minimum Gasteiger partial charge on any atom is -0.496 e. The molecule has 0 aliphatic heterocycles. The zero-order valence-electron chi connectivity index (χ0n) is 16.7. The third-order valence-electron chi connectivity index (χ3n) is 5.26. The van der Waals surface area contributed by atoms with E-state index in [1.165, 1.54) is 16.9 Å². The lowest BCUT2D eigenvalue weighted by Crippen LogP contribution is -2.14. The molecule has 29 heavy (non-hydrogen) atoms. The maximum atomic E-state index is 12.6. The van der Waals surface area contributed by atoms with Crippen molar-refractivity contribution < 1.29 is 14.3 Å². The highest BCUT2D eigenvalue weighted by Crippen LogP contribution is 2.33. The van der Waals surface area contributed by atoms with E-state index in [9.17, 15) is 9.59 Å². The second-order valence-corrected chi connectivity index (χ2v) is 8.46. The standard InChI is InChI=1S/C22H24N2O4S/c1-13-7-8-16(27-2)14(11-13)12-28-19(25)10-9-18-23-21(26)20-15-5-3-4-6-17(15)29-22(20)24-18/h7-8,11H,3-6,9-10,12H2,1-2H3,(H,23,24,26). The third-order valence-corrected chi connectivity index (χ3v) is 6.45. The Morgan fingerprint density at radius 1 is 1.28 bits per heavy atom. The summed E-state index contributed by atoms with van der Waals surface area (Å²) in [5.74, 6) is 0.898. The first kappa shape index (κ1) is 19.6. The Balaban J connectivity index is 1.41. The highest BCUT2D eigenvalue weighted by molar-refractivity contribution is 7.18. The number of hydrogen-bond donors (Lipinski definition) is 1. The Hall–Kier alpha value is -2.67. The zero-order chi connectivity index (χ0) is 20.4. The van der Waals surface area contributed by atoms with E-state index in [-0.39, 0.29) is 24.6 Å². The number of carbonyl (C=O) groups is 1. The van der Waals surface area contributed by atoms with Gasteiger partial charge in [0.25, 0.3) is 5.56 Å². The van der Waals surface area contributed by atoms with Gasteiger partial charge in [-0.15, -0.1) is 11.3 Å². The number of nitrogens with zero attached hydrogens (tertiary/aromatic N) is 1. The maximum Gasteiger partial charge on any atom is 0.306 e. The van der Waals surface area contributed by atoms with E-state index in [0.29, 0.717) is 18.0 Å². The van der Waals surface area contributed by atoms with Crippen molar-refractivity contribution in [3.8, 4) is 5.75 Å². The number of nitrogens with one attached hydrogen (secondary N) is 1. The number of carbonyl (C=O) groups excluding carboxylic acids is 1. The Morgan fingerprint density at radius 3 is 2.93 bits per heavy atom. The maximum absolute atomic E-state index is 12.6. The number of fused-ring (bicyclic) bond motifs is 3. The molecule has 6 nitrogen and oxygen atoms in total. The SMILES string of the molecule is COc1ccc(C)cc1COC(=O)CCc1nc2sc3c(c2c(=O)[nH]1)CCCC3. The first-order chi connectivity index (χ1) is 14.0. The minimum absolute atomic E-state index is 0.0951. The topological polar surface area (TPSA) is 81.3 Å². The van der Waals surface area contributed by atoms with Crippen LogP contribution in [0.3, 0.4) is 0 Å². The van der Waals surface area contributed by atoms with Crippen LogP contribution < -0.4 is 10.3 Å². The number of hydrogen-bond acceptors (Lipinski definition) is 6. The van der Waals surface area contributed by atoms with Crippen LogP contribution in [0.2, 0.25) is 0 Å². The predicted octanol–water partition coefficient (Wildman–Crippen LogP) is 3.86. The van der Waals surface area contributed by atoms with E-state index in [1.54, 1.807) is 18.4 Å². The Kier molecular flexibility index (Phi) is 5.67. The lowest BCUT2D eigenvalue weighted by molar-refractivity contribution is -0.144. The number of aryl methyl sites for hydroxylation is 4. The summed E-state index contributed by atoms with van der Waals surface area (Å²) in [6.45, 7) is 2.13. The van der Waals surface area contributed by atoms with Crippen molar-refractivity contribution in [2.24, 2.45) is 0 Å². The van der Waals surface area contributed by atoms with E-state index in [4.69, 9.17) is 9.47 Å². The molecule has 0 saturated carbocycles. The van der Waals surface area contributed by atoms with Crippen LogP contribution in [0.4, 0.5) is 0 Å². The molecule has 0 bridgehead atoms. The van der Waals surface area contributed by atoms with Gasteiger partial charge < -0.3 is 14.5 Å². The number of benzene rings is 1. The number of rotatable bonds is 6. The second kappa shape index (κ2) is 8.37. The summed E-state index contributed by atoms with van der Waals surface area (Å²) in [6, 6.07) is 5.76. The fraction of sp³-hybridized carbons (Fsp3) is 0.409. The Bertz CT molecular complexity index is 1120. The normalized spacial score (nSPS) is 13.3. The number of aromatic nitrogens is 2. The number of ether oxygens (including phenoxy) is 2. The molecule has 152 valence electrons. The average molecular weight is 413 g/mol. The monoisotopic (exact) mass is 412 g/mol. The van der Waals surface area contributed by atoms with Gasteiger partial charge in [0.05, 0.1) is 18.9 Å². The van der Waals surface area contributed by atoms with Crippen molar-refractivity contribution in [2.45, 2.75) is 52.1 Å². The quantitative estimate of drug-likeness (QED) is 0.622. The van der Waals surface area contributed by atoms with Gasteiger partial charge in [-0.3, -0.25) is 9.59 Å². The summed E-state index contributed by atoms with van der Waals surface area (Å²) in [6.07, 6.45) is 4.78. The summed E-state index contributed by atoms with van der Waals surface area (Å²) < 4.78 is 10.7. The number of esters is 1. The average Bonchev–Trinajstić information content (AvgIpc) is 3.09. The largest absolute Gasteiger partial charge is 0.496 e. The van der Waals surface area contributed by atoms with Gasteiger partial charge in [-0.2, -0.15) is 0 Å². The van der Waals surface area contributed by atoms with E-state index < -0.39 is 0 Å². The molecule has 0 amide bonds. The van der Waals surface area contributed by atoms with Crippen LogP contribution >= 0.6 is 11.3 Å². The molecule has 2 aromatic heterocycles. The Morgan fingerprint density at radius 2 is 2.10 bits per heavy atom. The van der Waals surface area contributed by atoms with Gasteiger partial charge in [0.2, 0.25) is 0 Å². The van der Waals surface area contributed by atoms with Crippen LogP contribution in [-0.2, 0) is 35.4 Å². The molecule has 4 rings (SSSR count). The highest BCUT2D eigenvalue weighted by atomic mass is 32.1. The molecule has 0 fully saturated rings. The van der Waals surface area contributed by atoms with Gasteiger partial charge in [0.1, 0.15) is 23.0 Å². The number of H-pyrrole nitrogens is 1. The first-order valence-corrected chi connectivity index (χ1v) is 10.7. The summed E-state index contributed by atoms with van der Waals surface area (Å²) >= 11 is 1.61. The zero-order valence-corrected chi connectivity index (χ0v) is 17.5. The van der Waals surface area contributed by atoms with Crippen molar-refractivity contribution in [3.05, 3.63) is 55.9 Å². The van der Waals surface area contributed by atoms with Crippen molar-refractivity contribution in [1.82, 2.24) is 9.97 Å². The van der Waals surface area contributed by atoms with Gasteiger partial charge in [0.15, 0.2) is 0 Å². The number of thiophene rings is 1. The third kappa shape index (κ3) is 4.19. The molecular formula is C22H24N2O4S. The van der Waals surface area contributed by atoms with E-state index in [2.05, 4.69) is 9.97 Å². The van der Waals surface area contributed by atoms with Crippen molar-refractivity contribution >= 4 is 27.5 Å². The van der Waals surface area contributed by atoms with Crippen molar-refractivity contribution in [1.29, 1.82) is 0 Å². The molecule has 1 aliphatic carbocycles. The van der Waals surface area contributed by atoms with Crippen molar-refractivity contribution in [2.75, 3.05) is 7.11 Å². The molecular weight excluding hydrogens is 388 g/mol. The predicted molar refractivity (Wildman–Crippen MR) is 113 cm³/mol. The molecule has 0 saturated heterocycles. The van der Waals surface area contributed by atoms with Crippen LogP contribution in [0.15, 0.2) is 23.0 Å². The second-order valence-electron chi connectivity index (χ2n) is 7.38. The molecule has 0 radical (unpaired) electrons. The summed E-state index contributed by atoms with van der Waals surface area (Å²) in [5, 5.41) is 0.738. The van der Waals surface area contributed by atoms with Crippen LogP contribution in [-0.4, -0.2) is 23.0 Å². The molecule has 1 aromatic carbocycles. The Labute approximate surface area is 172 Å². The minimum atomic E-state index is -0.332. The number of methoxy groups -OCH3 is 1. The van der Waals surface area contributed by atoms with Crippen LogP contribution in [0.1, 0.15) is 46.7 Å². The number of aromatic amines is 1. The smallest absolute Gasteiger partial charge is 0.306 e. The molecule has 3 aromatic rings. The molecule has 1 aliphatic rings. The van der Waals surface area contributed by atoms with Crippen molar-refractivity contribution in [3.63, 3.8) is 0 Å². The fourth-order valence-corrected chi connectivity index (χ4v) is 5.08. The lowest BCUT2D eigenvalue weighted by Gasteiger charge is -2.10. The van der Waals surface area contributed by atoms with Crippen LogP contribution in [0.25, 0.3) is 10.2 Å². The van der Waals surface area contributed by atoms with E-state index in [0.717, 1.165) is 40.6 Å². The highest BCUT2D eigenvalue weighted by Gasteiger charge is 2.20. The van der Waals surface area contributed by atoms with Gasteiger partial charge in [0, 0.05) is 16.9 Å². The summed E-state index contributed by atoms with van der Waals surface area (Å²) in [7, 11) is 1.59. The van der Waals surface area contributed by atoms with Gasteiger partial charge in [-0.1, -0.05) is 11.6 Å². The lowest BCUT2D eigenvalue weighted by atomic mass is 9.97. The van der Waals surface area contributed by atoms with Gasteiger partial charge >= 0.3 is 5.97 Å². The van der Waals surface area contributed by atoms with Crippen LogP contribution in [0, 0.1) is 6.92 Å². The molecule has 0 unspecified atom stereocenters. The fourth-order valence-electron chi connectivity index (χ4n) is 3.80. The van der Waals surface area contributed by atoms with E-state index >= 15 is 0 Å². The molecule has 7 heteroatoms. The van der Waals surface area contributed by atoms with Gasteiger partial charge in [-0.05, 0) is 50.3 Å². The molecule has 1 N–H and O–H groups in total. The van der Waals surface area contributed by atoms with E-state index in [1.807, 2.05) is 25.1 Å².